The standard InChI is InChI=1S/C17H18N4O2S/c18-16-8-4-7-15(9-16)10-20-24(22,23)17-11-19-21(13-17)12-14-5-2-1-3-6-14/h1-9,11,13,20H,10,12,18H2. The van der Waals surface area contributed by atoms with Crippen LogP contribution in [0.5, 0.6) is 0 Å². The summed E-state index contributed by atoms with van der Waals surface area (Å²) in [6.45, 7) is 0.697. The Kier molecular flexibility index (Phi) is 4.64. The number of nitrogen functional groups attached to an aromatic ring is 1. The summed E-state index contributed by atoms with van der Waals surface area (Å²) in [6, 6.07) is 16.8. The number of anilines is 1. The minimum atomic E-state index is -3.62. The molecule has 3 aromatic rings. The first-order valence-corrected chi connectivity index (χ1v) is 8.92. The summed E-state index contributed by atoms with van der Waals surface area (Å²) in [5.74, 6) is 0. The Hall–Kier alpha value is -2.64. The molecule has 124 valence electrons. The fraction of sp³-hybridized carbons (Fsp3) is 0.118. The van der Waals surface area contributed by atoms with Gasteiger partial charge in [0.2, 0.25) is 10.0 Å². The number of hydrogen-bond acceptors (Lipinski definition) is 4. The molecule has 0 aliphatic heterocycles. The van der Waals surface area contributed by atoms with Crippen molar-refractivity contribution in [1.29, 1.82) is 0 Å². The van der Waals surface area contributed by atoms with Crippen molar-refractivity contribution in [2.24, 2.45) is 0 Å². The zero-order valence-corrected chi connectivity index (χ0v) is 13.8. The van der Waals surface area contributed by atoms with Gasteiger partial charge in [-0.15, -0.1) is 0 Å². The zero-order valence-electron chi connectivity index (χ0n) is 13.0. The average molecular weight is 342 g/mol. The van der Waals surface area contributed by atoms with E-state index < -0.39 is 10.0 Å². The molecule has 1 aromatic heterocycles. The maximum absolute atomic E-state index is 12.4. The first-order chi connectivity index (χ1) is 11.5. The van der Waals surface area contributed by atoms with E-state index in [9.17, 15) is 8.42 Å². The van der Waals surface area contributed by atoms with Crippen molar-refractivity contribution in [2.75, 3.05) is 5.73 Å². The molecule has 0 unspecified atom stereocenters. The van der Waals surface area contributed by atoms with Gasteiger partial charge in [-0.05, 0) is 23.3 Å². The van der Waals surface area contributed by atoms with Gasteiger partial charge in [-0.1, -0.05) is 42.5 Å². The van der Waals surface area contributed by atoms with Crippen LogP contribution in [0, 0.1) is 0 Å². The fourth-order valence-corrected chi connectivity index (χ4v) is 3.27. The van der Waals surface area contributed by atoms with E-state index in [-0.39, 0.29) is 11.4 Å². The largest absolute Gasteiger partial charge is 0.399 e. The van der Waals surface area contributed by atoms with Crippen LogP contribution in [-0.2, 0) is 23.1 Å². The Balaban J connectivity index is 1.69. The summed E-state index contributed by atoms with van der Waals surface area (Å²) in [5, 5.41) is 4.12. The Bertz CT molecular complexity index is 921. The Labute approximate surface area is 141 Å². The second-order valence-electron chi connectivity index (χ2n) is 5.43. The van der Waals surface area contributed by atoms with Crippen LogP contribution in [0.1, 0.15) is 11.1 Å². The highest BCUT2D eigenvalue weighted by Crippen LogP contribution is 2.11. The lowest BCUT2D eigenvalue weighted by Gasteiger charge is -2.05. The maximum atomic E-state index is 12.4. The van der Waals surface area contributed by atoms with Gasteiger partial charge in [0.05, 0.1) is 12.7 Å². The van der Waals surface area contributed by atoms with Gasteiger partial charge in [-0.3, -0.25) is 4.68 Å². The molecule has 0 saturated heterocycles. The third-order valence-electron chi connectivity index (χ3n) is 3.52. The highest BCUT2D eigenvalue weighted by atomic mass is 32.2. The minimum absolute atomic E-state index is 0.141. The normalized spacial score (nSPS) is 11.5. The molecular formula is C17H18N4O2S. The number of hydrogen-bond donors (Lipinski definition) is 2. The molecule has 7 heteroatoms. The molecule has 0 amide bonds. The number of rotatable bonds is 6. The van der Waals surface area contributed by atoms with E-state index >= 15 is 0 Å². The van der Waals surface area contributed by atoms with Crippen molar-refractivity contribution in [2.45, 2.75) is 18.0 Å². The Morgan fingerprint density at radius 1 is 1.04 bits per heavy atom. The molecule has 3 N–H and O–H groups in total. The van der Waals surface area contributed by atoms with Crippen LogP contribution in [0.2, 0.25) is 0 Å². The molecule has 3 rings (SSSR count). The Morgan fingerprint density at radius 3 is 2.54 bits per heavy atom. The second kappa shape index (κ2) is 6.86. The van der Waals surface area contributed by atoms with Crippen molar-refractivity contribution < 1.29 is 8.42 Å². The van der Waals surface area contributed by atoms with E-state index in [1.807, 2.05) is 36.4 Å². The van der Waals surface area contributed by atoms with Crippen LogP contribution in [0.15, 0.2) is 71.9 Å². The molecule has 0 spiro atoms. The molecule has 2 aromatic carbocycles. The van der Waals surface area contributed by atoms with Crippen LogP contribution in [0.25, 0.3) is 0 Å². The molecule has 0 saturated carbocycles. The average Bonchev–Trinajstić information content (AvgIpc) is 3.04. The van der Waals surface area contributed by atoms with Gasteiger partial charge in [0.25, 0.3) is 0 Å². The van der Waals surface area contributed by atoms with Crippen LogP contribution in [0.4, 0.5) is 5.69 Å². The van der Waals surface area contributed by atoms with E-state index in [1.54, 1.807) is 22.9 Å². The van der Waals surface area contributed by atoms with Gasteiger partial charge in [0.1, 0.15) is 4.90 Å². The smallest absolute Gasteiger partial charge is 0.243 e. The molecule has 24 heavy (non-hydrogen) atoms. The molecule has 0 aliphatic carbocycles. The van der Waals surface area contributed by atoms with Crippen molar-refractivity contribution >= 4 is 15.7 Å². The fourth-order valence-electron chi connectivity index (χ4n) is 2.31. The molecular weight excluding hydrogens is 324 g/mol. The number of nitrogens with one attached hydrogen (secondary N) is 1. The van der Waals surface area contributed by atoms with E-state index in [2.05, 4.69) is 9.82 Å². The quantitative estimate of drug-likeness (QED) is 0.670. The number of nitrogens with zero attached hydrogens (tertiary/aromatic N) is 2. The van der Waals surface area contributed by atoms with Gasteiger partial charge in [0.15, 0.2) is 0 Å². The maximum Gasteiger partial charge on any atom is 0.243 e. The third-order valence-corrected chi connectivity index (χ3v) is 4.88. The van der Waals surface area contributed by atoms with Crippen LogP contribution in [0.3, 0.4) is 0 Å². The summed E-state index contributed by atoms with van der Waals surface area (Å²) in [4.78, 5) is 0.141. The monoisotopic (exact) mass is 342 g/mol. The Morgan fingerprint density at radius 2 is 1.79 bits per heavy atom. The summed E-state index contributed by atoms with van der Waals surface area (Å²) >= 11 is 0. The lowest BCUT2D eigenvalue weighted by molar-refractivity contribution is 0.581. The molecule has 0 fully saturated rings. The topological polar surface area (TPSA) is 90.0 Å². The number of aromatic nitrogens is 2. The second-order valence-corrected chi connectivity index (χ2v) is 7.20. The lowest BCUT2D eigenvalue weighted by atomic mass is 10.2. The van der Waals surface area contributed by atoms with E-state index in [4.69, 9.17) is 5.73 Å². The summed E-state index contributed by atoms with van der Waals surface area (Å²) in [6.07, 6.45) is 2.87. The molecule has 1 heterocycles. The van der Waals surface area contributed by atoms with Crippen molar-refractivity contribution in [3.8, 4) is 0 Å². The third kappa shape index (κ3) is 4.01. The predicted octanol–water partition coefficient (Wildman–Crippen LogP) is 1.99. The first-order valence-electron chi connectivity index (χ1n) is 7.43. The van der Waals surface area contributed by atoms with Crippen molar-refractivity contribution in [3.05, 3.63) is 78.1 Å². The van der Waals surface area contributed by atoms with Gasteiger partial charge >= 0.3 is 0 Å². The first kappa shape index (κ1) is 16.2. The number of sulfonamides is 1. The molecule has 0 radical (unpaired) electrons. The molecule has 0 atom stereocenters. The molecule has 0 bridgehead atoms. The summed E-state index contributed by atoms with van der Waals surface area (Å²) in [7, 11) is -3.62. The highest BCUT2D eigenvalue weighted by molar-refractivity contribution is 7.89. The van der Waals surface area contributed by atoms with Crippen LogP contribution < -0.4 is 10.5 Å². The molecule has 6 nitrogen and oxygen atoms in total. The predicted molar refractivity (Wildman–Crippen MR) is 92.7 cm³/mol. The van der Waals surface area contributed by atoms with E-state index in [0.29, 0.717) is 12.2 Å². The van der Waals surface area contributed by atoms with Gasteiger partial charge in [-0.25, -0.2) is 13.1 Å². The highest BCUT2D eigenvalue weighted by Gasteiger charge is 2.16. The minimum Gasteiger partial charge on any atom is -0.399 e. The van der Waals surface area contributed by atoms with Crippen molar-refractivity contribution in [1.82, 2.24) is 14.5 Å². The van der Waals surface area contributed by atoms with E-state index in [1.165, 1.54) is 12.4 Å². The SMILES string of the molecule is Nc1cccc(CNS(=O)(=O)c2cnn(Cc3ccccc3)c2)c1. The summed E-state index contributed by atoms with van der Waals surface area (Å²) in [5.41, 5.74) is 8.15. The number of benzene rings is 2. The number of nitrogens with two attached hydrogens (primary N) is 1. The van der Waals surface area contributed by atoms with E-state index in [0.717, 1.165) is 11.1 Å². The van der Waals surface area contributed by atoms with Gasteiger partial charge in [-0.2, -0.15) is 5.10 Å². The zero-order chi connectivity index (χ0) is 17.0. The van der Waals surface area contributed by atoms with Crippen LogP contribution >= 0.6 is 0 Å². The molecule has 0 aliphatic rings. The van der Waals surface area contributed by atoms with Gasteiger partial charge in [0, 0.05) is 18.4 Å². The van der Waals surface area contributed by atoms with Crippen molar-refractivity contribution in [3.63, 3.8) is 0 Å². The van der Waals surface area contributed by atoms with Gasteiger partial charge < -0.3 is 5.73 Å². The van der Waals surface area contributed by atoms with Crippen LogP contribution in [-0.4, -0.2) is 18.2 Å². The lowest BCUT2D eigenvalue weighted by Crippen LogP contribution is -2.23. The summed E-state index contributed by atoms with van der Waals surface area (Å²) < 4.78 is 28.9.